The number of aromatic nitrogens is 1. The summed E-state index contributed by atoms with van der Waals surface area (Å²) in [5.74, 6) is 2.24. The van der Waals surface area contributed by atoms with Crippen LogP contribution in [0.3, 0.4) is 0 Å². The number of aromatic amines is 1. The van der Waals surface area contributed by atoms with Crippen molar-refractivity contribution in [3.8, 4) is 17.2 Å². The van der Waals surface area contributed by atoms with Crippen LogP contribution in [0.5, 0.6) is 17.2 Å². The number of thioether (sulfide) groups is 1. The highest BCUT2D eigenvalue weighted by Gasteiger charge is 2.22. The molecule has 0 saturated heterocycles. The van der Waals surface area contributed by atoms with E-state index in [1.165, 1.54) is 5.56 Å². The molecule has 4 aromatic rings. The lowest BCUT2D eigenvalue weighted by atomic mass is 10.2. The molecular weight excluding hydrogens is 496 g/mol. The Labute approximate surface area is 217 Å². The highest BCUT2D eigenvalue weighted by atomic mass is 32.2. The first-order valence-corrected chi connectivity index (χ1v) is 13.0. The normalized spacial score (nSPS) is 14.6. The van der Waals surface area contributed by atoms with Gasteiger partial charge >= 0.3 is 11.6 Å². The van der Waals surface area contributed by atoms with Crippen LogP contribution in [0.15, 0.2) is 77.8 Å². The third-order valence-electron chi connectivity index (χ3n) is 5.56. The number of aliphatic hydroxyl groups is 1. The molecule has 2 N–H and O–H groups in total. The Kier molecular flexibility index (Phi) is 8.94. The molecule has 7 nitrogen and oxygen atoms in total. The number of aliphatic hydroxyl groups excluding tert-OH is 1. The molecule has 36 heavy (non-hydrogen) atoms. The highest BCUT2D eigenvalue weighted by Crippen LogP contribution is 2.36. The minimum absolute atomic E-state index is 0.185. The number of H-pyrrole nitrogens is 1. The zero-order valence-corrected chi connectivity index (χ0v) is 21.3. The van der Waals surface area contributed by atoms with Gasteiger partial charge in [0, 0.05) is 23.3 Å². The van der Waals surface area contributed by atoms with Crippen LogP contribution in [-0.4, -0.2) is 42.0 Å². The number of aryl methyl sites for hydroxylation is 1. The van der Waals surface area contributed by atoms with Crippen molar-refractivity contribution in [2.45, 2.75) is 25.2 Å². The second-order valence-electron chi connectivity index (χ2n) is 8.22. The van der Waals surface area contributed by atoms with Crippen molar-refractivity contribution in [3.63, 3.8) is 0 Å². The molecule has 186 valence electrons. The molecule has 9 heteroatoms. The number of hydrogen-bond donors (Lipinski definition) is 2. The molecule has 1 atom stereocenters. The van der Waals surface area contributed by atoms with Gasteiger partial charge in [0.05, 0.1) is 17.8 Å². The standard InChI is InChI=1S/C27H26N2O3S.O2S/c1-18-7-9-21(10-8-18)32-22-13-20-14-24(27-28-16-23(33-27)11-12-30)29-26(20)25(15-22)31-17-19-5-3-2-4-6-19;1-3-2/h2-10,13-15,23,29-30H,11-12,16-17H2,1H3;. The Morgan fingerprint density at radius 2 is 1.81 bits per heavy atom. The van der Waals surface area contributed by atoms with Crippen LogP contribution in [0.4, 0.5) is 0 Å². The average Bonchev–Trinajstić information content (AvgIpc) is 3.53. The number of hydrogen-bond acceptors (Lipinski definition) is 7. The van der Waals surface area contributed by atoms with Gasteiger partial charge in [0.25, 0.3) is 0 Å². The highest BCUT2D eigenvalue weighted by molar-refractivity contribution is 8.15. The van der Waals surface area contributed by atoms with E-state index in [2.05, 4.69) is 35.1 Å². The lowest BCUT2D eigenvalue weighted by molar-refractivity contribution is 0.288. The average molecular weight is 523 g/mol. The van der Waals surface area contributed by atoms with Gasteiger partial charge in [0.1, 0.15) is 28.9 Å². The molecule has 0 amide bonds. The minimum atomic E-state index is -0.750. The van der Waals surface area contributed by atoms with Crippen LogP contribution in [0.25, 0.3) is 10.9 Å². The number of aliphatic imine (C=N–C) groups is 1. The van der Waals surface area contributed by atoms with Gasteiger partial charge in [0.15, 0.2) is 0 Å². The fourth-order valence-corrected chi connectivity index (χ4v) is 4.88. The van der Waals surface area contributed by atoms with Gasteiger partial charge in [-0.3, -0.25) is 4.99 Å². The quantitative estimate of drug-likeness (QED) is 0.320. The number of ether oxygens (including phenoxy) is 2. The Balaban J connectivity index is 0.000000967. The summed E-state index contributed by atoms with van der Waals surface area (Å²) in [6.07, 6.45) is 0.748. The number of nitrogens with zero attached hydrogens (tertiary/aromatic N) is 1. The van der Waals surface area contributed by atoms with Gasteiger partial charge in [-0.25, -0.2) is 0 Å². The van der Waals surface area contributed by atoms with Crippen LogP contribution < -0.4 is 9.47 Å². The van der Waals surface area contributed by atoms with E-state index in [1.807, 2.05) is 54.6 Å². The first kappa shape index (κ1) is 25.7. The summed E-state index contributed by atoms with van der Waals surface area (Å²) in [5, 5.41) is 11.6. The summed E-state index contributed by atoms with van der Waals surface area (Å²) in [7, 11) is 0. The lowest BCUT2D eigenvalue weighted by Gasteiger charge is -2.11. The number of benzene rings is 3. The van der Waals surface area contributed by atoms with Crippen molar-refractivity contribution in [2.75, 3.05) is 13.2 Å². The second-order valence-corrected chi connectivity index (χ2v) is 9.65. The van der Waals surface area contributed by atoms with E-state index in [9.17, 15) is 5.11 Å². The van der Waals surface area contributed by atoms with Crippen LogP contribution in [-0.2, 0) is 18.2 Å². The van der Waals surface area contributed by atoms with Crippen molar-refractivity contribution in [1.29, 1.82) is 0 Å². The molecular formula is C27H26N2O5S2. The van der Waals surface area contributed by atoms with Crippen molar-refractivity contribution in [1.82, 2.24) is 4.98 Å². The third-order valence-corrected chi connectivity index (χ3v) is 6.85. The predicted octanol–water partition coefficient (Wildman–Crippen LogP) is 5.42. The van der Waals surface area contributed by atoms with Gasteiger partial charge in [-0.2, -0.15) is 8.42 Å². The summed E-state index contributed by atoms with van der Waals surface area (Å²) in [4.78, 5) is 8.20. The fourth-order valence-electron chi connectivity index (χ4n) is 3.81. The van der Waals surface area contributed by atoms with Crippen molar-refractivity contribution < 1.29 is 23.0 Å². The Morgan fingerprint density at radius 1 is 1.06 bits per heavy atom. The van der Waals surface area contributed by atoms with Crippen LogP contribution in [0.2, 0.25) is 0 Å². The topological polar surface area (TPSA) is 101 Å². The molecule has 0 radical (unpaired) electrons. The third kappa shape index (κ3) is 6.63. The summed E-state index contributed by atoms with van der Waals surface area (Å²) < 4.78 is 29.0. The van der Waals surface area contributed by atoms with Crippen LogP contribution in [0.1, 0.15) is 23.2 Å². The molecule has 0 fully saturated rings. The first-order valence-electron chi connectivity index (χ1n) is 11.4. The van der Waals surface area contributed by atoms with Crippen LogP contribution >= 0.6 is 11.8 Å². The number of rotatable bonds is 8. The maximum absolute atomic E-state index is 9.25. The predicted molar refractivity (Wildman–Crippen MR) is 144 cm³/mol. The fraction of sp³-hybridized carbons (Fsp3) is 0.222. The molecule has 1 aliphatic rings. The molecule has 0 aliphatic carbocycles. The minimum Gasteiger partial charge on any atom is -0.487 e. The number of nitrogens with one attached hydrogen (secondary N) is 1. The molecule has 1 unspecified atom stereocenters. The van der Waals surface area contributed by atoms with Gasteiger partial charge in [-0.05, 0) is 43.2 Å². The first-order chi connectivity index (χ1) is 17.6. The lowest BCUT2D eigenvalue weighted by Crippen LogP contribution is -2.05. The molecule has 3 aromatic carbocycles. The molecule has 1 aliphatic heterocycles. The van der Waals surface area contributed by atoms with Gasteiger partial charge < -0.3 is 19.6 Å². The summed E-state index contributed by atoms with van der Waals surface area (Å²) in [6, 6.07) is 24.2. The van der Waals surface area contributed by atoms with E-state index in [1.54, 1.807) is 11.8 Å². The van der Waals surface area contributed by atoms with Gasteiger partial charge in [0.2, 0.25) is 0 Å². The maximum Gasteiger partial charge on any atom is 0.335 e. The molecule has 0 saturated carbocycles. The van der Waals surface area contributed by atoms with E-state index in [0.29, 0.717) is 11.9 Å². The molecule has 1 aromatic heterocycles. The van der Waals surface area contributed by atoms with Gasteiger partial charge in [-0.15, -0.1) is 0 Å². The second kappa shape index (κ2) is 12.5. The van der Waals surface area contributed by atoms with Crippen molar-refractivity contribution in [2.24, 2.45) is 4.99 Å². The summed E-state index contributed by atoms with van der Waals surface area (Å²) >= 11 is 0.964. The van der Waals surface area contributed by atoms with E-state index >= 15 is 0 Å². The monoisotopic (exact) mass is 522 g/mol. The van der Waals surface area contributed by atoms with Crippen LogP contribution in [0, 0.1) is 6.92 Å². The Hall–Kier alpha value is -3.40. The molecule has 2 heterocycles. The molecule has 5 rings (SSSR count). The van der Waals surface area contributed by atoms with E-state index in [4.69, 9.17) is 17.9 Å². The van der Waals surface area contributed by atoms with E-state index < -0.39 is 11.6 Å². The Bertz CT molecular complexity index is 1360. The molecule has 0 spiro atoms. The van der Waals surface area contributed by atoms with Gasteiger partial charge in [-0.1, -0.05) is 59.8 Å². The van der Waals surface area contributed by atoms with E-state index in [-0.39, 0.29) is 6.61 Å². The van der Waals surface area contributed by atoms with Crippen molar-refractivity contribution in [3.05, 3.63) is 89.6 Å². The SMILES string of the molecule is Cc1ccc(Oc2cc(OCc3ccccc3)c3[nH]c(C4=NCC(CCO)S4)cc3c2)cc1.O=S=O. The summed E-state index contributed by atoms with van der Waals surface area (Å²) in [5.41, 5.74) is 4.18. The largest absolute Gasteiger partial charge is 0.487 e. The van der Waals surface area contributed by atoms with E-state index in [0.717, 1.165) is 57.4 Å². The maximum atomic E-state index is 9.25. The Morgan fingerprint density at radius 3 is 2.53 bits per heavy atom. The molecule has 0 bridgehead atoms. The smallest absolute Gasteiger partial charge is 0.335 e. The number of fused-ring (bicyclic) bond motifs is 1. The van der Waals surface area contributed by atoms with Crippen molar-refractivity contribution >= 4 is 39.3 Å². The summed E-state index contributed by atoms with van der Waals surface area (Å²) in [6.45, 7) is 3.44. The zero-order valence-electron chi connectivity index (χ0n) is 19.7. The zero-order chi connectivity index (χ0) is 25.3.